The predicted octanol–water partition coefficient (Wildman–Crippen LogP) is 6.51. The van der Waals surface area contributed by atoms with Crippen LogP contribution in [0.15, 0.2) is 42.5 Å². The van der Waals surface area contributed by atoms with Crippen molar-refractivity contribution >= 4 is 11.7 Å². The van der Waals surface area contributed by atoms with Crippen molar-refractivity contribution in [2.24, 2.45) is 0 Å². The molecule has 0 spiro atoms. The van der Waals surface area contributed by atoms with Crippen LogP contribution in [0.3, 0.4) is 0 Å². The Bertz CT molecular complexity index is 813. The van der Waals surface area contributed by atoms with Crippen molar-refractivity contribution in [3.8, 4) is 11.5 Å². The Morgan fingerprint density at radius 3 is 2.15 bits per heavy atom. The highest BCUT2D eigenvalue weighted by Gasteiger charge is 2.43. The lowest BCUT2D eigenvalue weighted by molar-refractivity contribution is -0.286. The van der Waals surface area contributed by atoms with Gasteiger partial charge < -0.3 is 9.47 Å². The molecule has 0 saturated heterocycles. The molecule has 138 valence electrons. The van der Waals surface area contributed by atoms with E-state index in [2.05, 4.69) is 16.4 Å². The minimum absolute atomic E-state index is 0.0877. The van der Waals surface area contributed by atoms with Gasteiger partial charge in [-0.1, -0.05) is 44.0 Å². The Morgan fingerprint density at radius 1 is 0.846 bits per heavy atom. The van der Waals surface area contributed by atoms with Gasteiger partial charge in [0, 0.05) is 11.1 Å². The highest BCUT2D eigenvalue weighted by molar-refractivity contribution is 5.83. The summed E-state index contributed by atoms with van der Waals surface area (Å²) in [5, 5.41) is 0. The second-order valence-electron chi connectivity index (χ2n) is 6.11. The highest BCUT2D eigenvalue weighted by atomic mass is 19.3. The van der Waals surface area contributed by atoms with Gasteiger partial charge in [-0.2, -0.15) is 0 Å². The molecule has 1 heterocycles. The monoisotopic (exact) mass is 366 g/mol. The third-order valence-electron chi connectivity index (χ3n) is 4.12. The first-order valence-electron chi connectivity index (χ1n) is 8.44. The number of alkyl halides is 2. The zero-order chi connectivity index (χ0) is 18.7. The number of fused-ring (bicyclic) bond motifs is 1. The largest absolute Gasteiger partial charge is 0.586 e. The van der Waals surface area contributed by atoms with Gasteiger partial charge in [0.15, 0.2) is 23.2 Å². The molecular formula is C20H18F4O2. The van der Waals surface area contributed by atoms with E-state index in [0.717, 1.165) is 49.4 Å². The molecule has 0 fully saturated rings. The van der Waals surface area contributed by atoms with E-state index in [-0.39, 0.29) is 22.6 Å². The van der Waals surface area contributed by atoms with E-state index in [4.69, 9.17) is 0 Å². The van der Waals surface area contributed by atoms with Gasteiger partial charge in [-0.15, -0.1) is 8.78 Å². The van der Waals surface area contributed by atoms with E-state index in [0.29, 0.717) is 0 Å². The molecular weight excluding hydrogens is 348 g/mol. The quantitative estimate of drug-likeness (QED) is 0.330. The molecule has 0 aliphatic carbocycles. The van der Waals surface area contributed by atoms with Crippen molar-refractivity contribution in [3.63, 3.8) is 0 Å². The number of rotatable bonds is 6. The lowest BCUT2D eigenvalue weighted by atomic mass is 10.0. The third kappa shape index (κ3) is 4.00. The van der Waals surface area contributed by atoms with Crippen LogP contribution in [0.4, 0.5) is 17.6 Å². The number of hydrogen-bond donors (Lipinski definition) is 0. The Morgan fingerprint density at radius 2 is 1.46 bits per heavy atom. The molecule has 0 radical (unpaired) electrons. The summed E-state index contributed by atoms with van der Waals surface area (Å²) >= 11 is 0. The molecule has 0 atom stereocenters. The fourth-order valence-electron chi connectivity index (χ4n) is 2.74. The average molecular weight is 366 g/mol. The molecule has 26 heavy (non-hydrogen) atoms. The molecule has 0 amide bonds. The summed E-state index contributed by atoms with van der Waals surface area (Å²) in [6, 6.07) is 9.82. The summed E-state index contributed by atoms with van der Waals surface area (Å²) in [4.78, 5) is 0. The van der Waals surface area contributed by atoms with Crippen LogP contribution in [-0.2, 0) is 6.42 Å². The number of aryl methyl sites for hydroxylation is 1. The van der Waals surface area contributed by atoms with Crippen LogP contribution in [0.25, 0.3) is 11.7 Å². The Hall–Kier alpha value is -2.50. The standard InChI is InChI=1S/C20H18F4O2/c1-2-3-4-5-13-6-8-14(9-7-13)18(21)19(22)15-10-11-16-17(12-15)26-20(23,24)25-16/h6-12H,2-5H2,1H3/b19-18+. The van der Waals surface area contributed by atoms with E-state index in [9.17, 15) is 17.6 Å². The average Bonchev–Trinajstić information content (AvgIpc) is 2.94. The van der Waals surface area contributed by atoms with Gasteiger partial charge in [0.1, 0.15) is 0 Å². The summed E-state index contributed by atoms with van der Waals surface area (Å²) < 4.78 is 63.4. The van der Waals surface area contributed by atoms with Gasteiger partial charge in [0.25, 0.3) is 0 Å². The topological polar surface area (TPSA) is 18.5 Å². The molecule has 0 unspecified atom stereocenters. The smallest absolute Gasteiger partial charge is 0.395 e. The molecule has 2 aromatic carbocycles. The fraction of sp³-hybridized carbons (Fsp3) is 0.300. The minimum atomic E-state index is -3.80. The SMILES string of the molecule is CCCCCc1ccc(/C(F)=C(\F)c2ccc3c(c2)OC(F)(F)O3)cc1. The van der Waals surface area contributed by atoms with Crippen molar-refractivity contribution in [2.75, 3.05) is 0 Å². The lowest BCUT2D eigenvalue weighted by Gasteiger charge is -2.05. The van der Waals surface area contributed by atoms with E-state index >= 15 is 0 Å². The molecule has 1 aliphatic rings. The number of unbranched alkanes of at least 4 members (excludes halogenated alkanes) is 2. The number of halogens is 4. The van der Waals surface area contributed by atoms with Crippen LogP contribution >= 0.6 is 0 Å². The van der Waals surface area contributed by atoms with Gasteiger partial charge in [-0.25, -0.2) is 8.78 Å². The maximum Gasteiger partial charge on any atom is 0.586 e. The predicted molar refractivity (Wildman–Crippen MR) is 91.3 cm³/mol. The molecule has 0 saturated carbocycles. The molecule has 6 heteroatoms. The third-order valence-corrected chi connectivity index (χ3v) is 4.12. The van der Waals surface area contributed by atoms with E-state index in [1.807, 2.05) is 0 Å². The zero-order valence-corrected chi connectivity index (χ0v) is 14.2. The zero-order valence-electron chi connectivity index (χ0n) is 14.2. The van der Waals surface area contributed by atoms with Crippen LogP contribution in [0.5, 0.6) is 11.5 Å². The second kappa shape index (κ2) is 7.40. The first kappa shape index (κ1) is 18.3. The Kier molecular flexibility index (Phi) is 5.20. The summed E-state index contributed by atoms with van der Waals surface area (Å²) in [6.07, 6.45) is 0.367. The van der Waals surface area contributed by atoms with Crippen LogP contribution in [0.2, 0.25) is 0 Å². The minimum Gasteiger partial charge on any atom is -0.395 e. The van der Waals surface area contributed by atoms with Gasteiger partial charge in [0.05, 0.1) is 0 Å². The summed E-state index contributed by atoms with van der Waals surface area (Å²) in [5.74, 6) is -2.76. The van der Waals surface area contributed by atoms with Crippen LogP contribution in [0, 0.1) is 0 Å². The number of hydrogen-bond acceptors (Lipinski definition) is 2. The van der Waals surface area contributed by atoms with E-state index in [1.54, 1.807) is 12.1 Å². The molecule has 3 rings (SSSR count). The van der Waals surface area contributed by atoms with Gasteiger partial charge in [-0.3, -0.25) is 0 Å². The maximum atomic E-state index is 14.4. The molecule has 2 nitrogen and oxygen atoms in total. The number of benzene rings is 2. The van der Waals surface area contributed by atoms with Gasteiger partial charge >= 0.3 is 6.29 Å². The molecule has 2 aromatic rings. The molecule has 1 aliphatic heterocycles. The van der Waals surface area contributed by atoms with Crippen LogP contribution in [0.1, 0.15) is 42.9 Å². The van der Waals surface area contributed by atoms with Crippen LogP contribution in [-0.4, -0.2) is 6.29 Å². The molecule has 0 N–H and O–H groups in total. The van der Waals surface area contributed by atoms with Crippen molar-refractivity contribution in [3.05, 3.63) is 59.2 Å². The summed E-state index contributed by atoms with van der Waals surface area (Å²) in [5.41, 5.74) is 0.944. The van der Waals surface area contributed by atoms with Gasteiger partial charge in [-0.05, 0) is 36.6 Å². The van der Waals surface area contributed by atoms with Crippen LogP contribution < -0.4 is 9.47 Å². The Labute approximate surface area is 149 Å². The van der Waals surface area contributed by atoms with E-state index in [1.165, 1.54) is 12.1 Å². The first-order chi connectivity index (χ1) is 12.4. The van der Waals surface area contributed by atoms with Gasteiger partial charge in [0.2, 0.25) is 0 Å². The van der Waals surface area contributed by atoms with Crippen molar-refractivity contribution in [1.29, 1.82) is 0 Å². The fourth-order valence-corrected chi connectivity index (χ4v) is 2.74. The summed E-state index contributed by atoms with van der Waals surface area (Å²) in [6.45, 7) is 2.11. The van der Waals surface area contributed by atoms with Crippen molar-refractivity contribution < 1.29 is 27.0 Å². The van der Waals surface area contributed by atoms with E-state index < -0.39 is 17.9 Å². The molecule has 0 bridgehead atoms. The Balaban J connectivity index is 1.79. The maximum absolute atomic E-state index is 14.4. The normalized spacial score (nSPS) is 15.7. The number of ether oxygens (including phenoxy) is 2. The molecule has 0 aromatic heterocycles. The van der Waals surface area contributed by atoms with Crippen molar-refractivity contribution in [1.82, 2.24) is 0 Å². The summed E-state index contributed by atoms with van der Waals surface area (Å²) in [7, 11) is 0. The first-order valence-corrected chi connectivity index (χ1v) is 8.44. The second-order valence-corrected chi connectivity index (χ2v) is 6.11. The highest BCUT2D eigenvalue weighted by Crippen LogP contribution is 2.43. The van der Waals surface area contributed by atoms with Crippen molar-refractivity contribution in [2.45, 2.75) is 38.9 Å². The lowest BCUT2D eigenvalue weighted by Crippen LogP contribution is -2.25.